The number of rotatable bonds is 4. The molecule has 1 heterocycles. The van der Waals surface area contributed by atoms with Crippen LogP contribution in [-0.4, -0.2) is 32.9 Å². The van der Waals surface area contributed by atoms with Crippen LogP contribution in [0.4, 0.5) is 0 Å². The fourth-order valence-electron chi connectivity index (χ4n) is 8.62. The molecule has 186 valence electrons. The van der Waals surface area contributed by atoms with Crippen molar-refractivity contribution in [1.82, 2.24) is 0 Å². The zero-order valence-electron chi connectivity index (χ0n) is 22.5. The summed E-state index contributed by atoms with van der Waals surface area (Å²) in [6, 6.07) is 0. The molecular formula is C29H48O3Si. The van der Waals surface area contributed by atoms with Crippen LogP contribution >= 0.6 is 0 Å². The van der Waals surface area contributed by atoms with Crippen molar-refractivity contribution in [3.8, 4) is 0 Å². The number of ketones is 1. The molecular weight excluding hydrogens is 424 g/mol. The van der Waals surface area contributed by atoms with Crippen LogP contribution in [0.25, 0.3) is 0 Å². The van der Waals surface area contributed by atoms with Crippen molar-refractivity contribution in [3.63, 3.8) is 0 Å². The fourth-order valence-corrected chi connectivity index (χ4v) is 10.0. The van der Waals surface area contributed by atoms with Crippen LogP contribution in [0.15, 0.2) is 11.6 Å². The van der Waals surface area contributed by atoms with Crippen molar-refractivity contribution in [2.24, 2.45) is 40.4 Å². The minimum absolute atomic E-state index is 0.175. The summed E-state index contributed by atoms with van der Waals surface area (Å²) in [6.45, 7) is 20.0. The highest BCUT2D eigenvalue weighted by Crippen LogP contribution is 2.67. The molecule has 0 aromatic carbocycles. The quantitative estimate of drug-likeness (QED) is 0.247. The summed E-state index contributed by atoms with van der Waals surface area (Å²) in [5.41, 5.74) is 2.17. The third-order valence-electron chi connectivity index (χ3n) is 11.7. The number of hydrogen-bond donors (Lipinski definition) is 0. The van der Waals surface area contributed by atoms with Gasteiger partial charge in [0.25, 0.3) is 0 Å². The summed E-state index contributed by atoms with van der Waals surface area (Å²) in [5.74, 6) is 3.11. The molecule has 3 saturated carbocycles. The highest BCUT2D eigenvalue weighted by molar-refractivity contribution is 6.74. The van der Waals surface area contributed by atoms with Gasteiger partial charge in [-0.3, -0.25) is 4.79 Å². The van der Waals surface area contributed by atoms with Gasteiger partial charge in [-0.2, -0.15) is 0 Å². The van der Waals surface area contributed by atoms with Crippen LogP contribution < -0.4 is 0 Å². The molecule has 0 N–H and O–H groups in total. The van der Waals surface area contributed by atoms with Gasteiger partial charge in [-0.15, -0.1) is 0 Å². The Labute approximate surface area is 203 Å². The molecule has 0 amide bonds. The van der Waals surface area contributed by atoms with E-state index in [1.165, 1.54) is 32.1 Å². The van der Waals surface area contributed by atoms with E-state index in [0.717, 1.165) is 25.4 Å². The number of allylic oxidation sites excluding steroid dienone is 1. The van der Waals surface area contributed by atoms with Crippen molar-refractivity contribution in [3.05, 3.63) is 11.6 Å². The summed E-state index contributed by atoms with van der Waals surface area (Å²) >= 11 is 0. The van der Waals surface area contributed by atoms with Crippen molar-refractivity contribution in [1.29, 1.82) is 0 Å². The molecule has 1 aliphatic heterocycles. The number of carbonyl (C=O) groups is 1. The minimum atomic E-state index is -1.74. The van der Waals surface area contributed by atoms with Crippen LogP contribution in [0.5, 0.6) is 0 Å². The number of fused-ring (bicyclic) bond motifs is 5. The molecule has 0 radical (unpaired) electrons. The lowest BCUT2D eigenvalue weighted by atomic mass is 9.47. The molecule has 0 bridgehead atoms. The van der Waals surface area contributed by atoms with Gasteiger partial charge < -0.3 is 9.16 Å². The number of Topliss-reactive ketones (excluding diaryl/α,β-unsaturated/α-hetero) is 1. The van der Waals surface area contributed by atoms with Crippen molar-refractivity contribution in [2.75, 3.05) is 6.61 Å². The highest BCUT2D eigenvalue weighted by atomic mass is 28.4. The Balaban J connectivity index is 1.35. The lowest BCUT2D eigenvalue weighted by Crippen LogP contribution is -2.52. The molecule has 33 heavy (non-hydrogen) atoms. The average Bonchev–Trinajstić information content (AvgIpc) is 3.51. The Kier molecular flexibility index (Phi) is 5.71. The van der Waals surface area contributed by atoms with Gasteiger partial charge in [0.2, 0.25) is 0 Å². The number of ether oxygens (including phenoxy) is 1. The average molecular weight is 473 g/mol. The normalized spacial score (nSPS) is 46.2. The second kappa shape index (κ2) is 7.77. The first-order valence-electron chi connectivity index (χ1n) is 13.8. The van der Waals surface area contributed by atoms with Crippen molar-refractivity contribution < 1.29 is 14.0 Å². The second-order valence-corrected chi connectivity index (χ2v) is 19.2. The Morgan fingerprint density at radius 1 is 1.12 bits per heavy atom. The zero-order chi connectivity index (χ0) is 24.0. The summed E-state index contributed by atoms with van der Waals surface area (Å²) < 4.78 is 12.5. The molecule has 0 spiro atoms. The molecule has 3 nitrogen and oxygen atoms in total. The standard InChI is InChI=1S/C29H48O3Si/c1-18(25-17-31-25)26-24(30)16-23-21-10-9-19-15-20(32-33(7,8)27(2,3)4)11-13-28(19,5)22(21)12-14-29(23,26)6/h9,18,20-23,25-26H,10-17H2,1-8H3/t18-,20+,21-,22+,23+,25?,26?,28+,29+/m1/s1. The molecule has 2 unspecified atom stereocenters. The Hall–Kier alpha value is -0.453. The van der Waals surface area contributed by atoms with Crippen molar-refractivity contribution >= 4 is 14.1 Å². The molecule has 4 aliphatic carbocycles. The predicted molar refractivity (Wildman–Crippen MR) is 137 cm³/mol. The van der Waals surface area contributed by atoms with E-state index in [4.69, 9.17) is 9.16 Å². The maximum absolute atomic E-state index is 13.3. The van der Waals surface area contributed by atoms with Crippen LogP contribution in [0.2, 0.25) is 18.1 Å². The van der Waals surface area contributed by atoms with Crippen LogP contribution in [0, 0.1) is 40.4 Å². The van der Waals surface area contributed by atoms with Gasteiger partial charge >= 0.3 is 0 Å². The monoisotopic (exact) mass is 472 g/mol. The molecule has 4 heteroatoms. The van der Waals surface area contributed by atoms with E-state index >= 15 is 0 Å². The van der Waals surface area contributed by atoms with E-state index in [1.54, 1.807) is 5.57 Å². The predicted octanol–water partition coefficient (Wildman–Crippen LogP) is 7.17. The number of carbonyl (C=O) groups excluding carboxylic acids is 1. The maximum atomic E-state index is 13.3. The molecule has 0 aromatic rings. The van der Waals surface area contributed by atoms with Crippen LogP contribution in [0.1, 0.15) is 86.5 Å². The summed E-state index contributed by atoms with van der Waals surface area (Å²) in [7, 11) is -1.74. The maximum Gasteiger partial charge on any atom is 0.192 e. The molecule has 5 aliphatic rings. The molecule has 1 saturated heterocycles. The lowest BCUT2D eigenvalue weighted by molar-refractivity contribution is -0.124. The zero-order valence-corrected chi connectivity index (χ0v) is 23.5. The van der Waals surface area contributed by atoms with Crippen LogP contribution in [-0.2, 0) is 14.0 Å². The van der Waals surface area contributed by atoms with Gasteiger partial charge in [-0.1, -0.05) is 53.2 Å². The number of hydrogen-bond acceptors (Lipinski definition) is 3. The molecule has 0 aromatic heterocycles. The van der Waals surface area contributed by atoms with E-state index in [0.29, 0.717) is 41.2 Å². The van der Waals surface area contributed by atoms with E-state index in [1.807, 2.05) is 0 Å². The van der Waals surface area contributed by atoms with E-state index < -0.39 is 8.32 Å². The van der Waals surface area contributed by atoms with E-state index in [-0.39, 0.29) is 16.4 Å². The van der Waals surface area contributed by atoms with Crippen molar-refractivity contribution in [2.45, 2.75) is 117 Å². The second-order valence-electron chi connectivity index (χ2n) is 14.4. The van der Waals surface area contributed by atoms with Gasteiger partial charge in [-0.25, -0.2) is 0 Å². The largest absolute Gasteiger partial charge is 0.414 e. The third-order valence-corrected chi connectivity index (χ3v) is 16.2. The summed E-state index contributed by atoms with van der Waals surface area (Å²) in [6.07, 6.45) is 11.4. The molecule has 5 rings (SSSR count). The SMILES string of the molecule is C[C@H](C1CO1)C1C(=O)C[C@H]2[C@@H]3CC=C4C[C@@H](O[Si](C)(C)C(C)(C)C)CC[C@]4(C)[C@H]3CC[C@]12C. The van der Waals surface area contributed by atoms with E-state index in [9.17, 15) is 4.79 Å². The topological polar surface area (TPSA) is 38.8 Å². The van der Waals surface area contributed by atoms with Gasteiger partial charge in [0.05, 0.1) is 12.7 Å². The minimum Gasteiger partial charge on any atom is -0.414 e. The van der Waals surface area contributed by atoms with E-state index in [2.05, 4.69) is 60.7 Å². The van der Waals surface area contributed by atoms with Crippen LogP contribution in [0.3, 0.4) is 0 Å². The van der Waals surface area contributed by atoms with Gasteiger partial charge in [0.1, 0.15) is 5.78 Å². The lowest BCUT2D eigenvalue weighted by Gasteiger charge is -2.58. The fraction of sp³-hybridized carbons (Fsp3) is 0.897. The summed E-state index contributed by atoms with van der Waals surface area (Å²) in [4.78, 5) is 13.3. The first-order chi connectivity index (χ1) is 15.3. The third kappa shape index (κ3) is 3.76. The van der Waals surface area contributed by atoms with Gasteiger partial charge in [0.15, 0.2) is 8.32 Å². The van der Waals surface area contributed by atoms with Gasteiger partial charge in [-0.05, 0) is 91.2 Å². The summed E-state index contributed by atoms with van der Waals surface area (Å²) in [5, 5.41) is 0.266. The Morgan fingerprint density at radius 2 is 1.82 bits per heavy atom. The molecule has 9 atom stereocenters. The Bertz CT molecular complexity index is 836. The Morgan fingerprint density at radius 3 is 2.45 bits per heavy atom. The number of epoxide rings is 1. The van der Waals surface area contributed by atoms with Gasteiger partial charge in [0, 0.05) is 18.4 Å². The first kappa shape index (κ1) is 24.3. The first-order valence-corrected chi connectivity index (χ1v) is 16.7. The molecule has 4 fully saturated rings. The highest BCUT2D eigenvalue weighted by Gasteiger charge is 2.63. The smallest absolute Gasteiger partial charge is 0.192 e.